The number of anilines is 1. The van der Waals surface area contributed by atoms with Crippen molar-refractivity contribution >= 4 is 5.69 Å². The Balaban J connectivity index is 2.43. The van der Waals surface area contributed by atoms with E-state index in [9.17, 15) is 0 Å². The molecule has 0 bridgehead atoms. The monoisotopic (exact) mass is 161 g/mol. The highest BCUT2D eigenvalue weighted by Crippen LogP contribution is 2.36. The van der Waals surface area contributed by atoms with Gasteiger partial charge >= 0.3 is 0 Å². The number of benzene rings is 1. The first-order valence-electron chi connectivity index (χ1n) is 4.63. The van der Waals surface area contributed by atoms with Crippen LogP contribution in [-0.4, -0.2) is 13.6 Å². The van der Waals surface area contributed by atoms with Crippen LogP contribution in [0.3, 0.4) is 0 Å². The Morgan fingerprint density at radius 1 is 1.42 bits per heavy atom. The van der Waals surface area contributed by atoms with Crippen LogP contribution < -0.4 is 4.90 Å². The molecule has 1 aromatic rings. The van der Waals surface area contributed by atoms with Crippen LogP contribution >= 0.6 is 0 Å². The van der Waals surface area contributed by atoms with Gasteiger partial charge in [0, 0.05) is 25.2 Å². The van der Waals surface area contributed by atoms with Crippen molar-refractivity contribution < 1.29 is 0 Å². The first-order valence-corrected chi connectivity index (χ1v) is 4.63. The van der Waals surface area contributed by atoms with E-state index in [1.54, 1.807) is 0 Å². The molecule has 64 valence electrons. The predicted molar refractivity (Wildman–Crippen MR) is 52.7 cm³/mol. The molecule has 0 saturated heterocycles. The van der Waals surface area contributed by atoms with Gasteiger partial charge in [0.1, 0.15) is 0 Å². The van der Waals surface area contributed by atoms with E-state index in [0.29, 0.717) is 0 Å². The van der Waals surface area contributed by atoms with E-state index in [-0.39, 0.29) is 0 Å². The zero-order chi connectivity index (χ0) is 8.55. The fourth-order valence-electron chi connectivity index (χ4n) is 2.06. The first-order chi connectivity index (χ1) is 5.83. The van der Waals surface area contributed by atoms with Gasteiger partial charge in [0.2, 0.25) is 0 Å². The Kier molecular flexibility index (Phi) is 1.80. The smallest absolute Gasteiger partial charge is 0.0399 e. The van der Waals surface area contributed by atoms with Gasteiger partial charge in [0.25, 0.3) is 0 Å². The number of para-hydroxylation sites is 1. The molecule has 1 aromatic carbocycles. The predicted octanol–water partition coefficient (Wildman–Crippen LogP) is 2.63. The maximum absolute atomic E-state index is 2.35. The minimum atomic E-state index is 0.756. The van der Waals surface area contributed by atoms with Crippen LogP contribution in [0, 0.1) is 0 Å². The summed E-state index contributed by atoms with van der Waals surface area (Å²) in [6, 6.07) is 8.73. The number of rotatable bonds is 1. The summed E-state index contributed by atoms with van der Waals surface area (Å²) in [5.74, 6) is 0.756. The molecular formula is C11H15N. The zero-order valence-corrected chi connectivity index (χ0v) is 7.75. The SMILES string of the molecule is CCC1CN(C)c2ccccc21. The van der Waals surface area contributed by atoms with E-state index in [0.717, 1.165) is 5.92 Å². The molecule has 1 heterocycles. The van der Waals surface area contributed by atoms with Gasteiger partial charge in [-0.1, -0.05) is 25.1 Å². The number of fused-ring (bicyclic) bond motifs is 1. The highest BCUT2D eigenvalue weighted by atomic mass is 15.1. The van der Waals surface area contributed by atoms with Gasteiger partial charge in [-0.3, -0.25) is 0 Å². The van der Waals surface area contributed by atoms with Crippen molar-refractivity contribution in [2.75, 3.05) is 18.5 Å². The van der Waals surface area contributed by atoms with E-state index < -0.39 is 0 Å². The van der Waals surface area contributed by atoms with E-state index in [1.165, 1.54) is 24.2 Å². The third-order valence-electron chi connectivity index (χ3n) is 2.77. The fraction of sp³-hybridized carbons (Fsp3) is 0.455. The maximum atomic E-state index is 2.35. The van der Waals surface area contributed by atoms with Gasteiger partial charge in [-0.2, -0.15) is 0 Å². The molecule has 12 heavy (non-hydrogen) atoms. The third kappa shape index (κ3) is 1.01. The van der Waals surface area contributed by atoms with Crippen LogP contribution in [0.15, 0.2) is 24.3 Å². The van der Waals surface area contributed by atoms with Crippen LogP contribution in [-0.2, 0) is 0 Å². The molecule has 0 aliphatic carbocycles. The maximum Gasteiger partial charge on any atom is 0.0399 e. The Labute approximate surface area is 74.0 Å². The normalized spacial score (nSPS) is 21.2. The fourth-order valence-corrected chi connectivity index (χ4v) is 2.06. The Morgan fingerprint density at radius 2 is 2.17 bits per heavy atom. The largest absolute Gasteiger partial charge is 0.374 e. The molecule has 0 N–H and O–H groups in total. The summed E-state index contributed by atoms with van der Waals surface area (Å²) in [6.07, 6.45) is 1.25. The second kappa shape index (κ2) is 2.81. The van der Waals surface area contributed by atoms with Crippen LogP contribution in [0.4, 0.5) is 5.69 Å². The average molecular weight is 161 g/mol. The lowest BCUT2D eigenvalue weighted by molar-refractivity contribution is 0.696. The van der Waals surface area contributed by atoms with Crippen molar-refractivity contribution in [2.24, 2.45) is 0 Å². The molecule has 0 spiro atoms. The number of nitrogens with zero attached hydrogens (tertiary/aromatic N) is 1. The summed E-state index contributed by atoms with van der Waals surface area (Å²) in [5.41, 5.74) is 2.95. The summed E-state index contributed by atoms with van der Waals surface area (Å²) < 4.78 is 0. The summed E-state index contributed by atoms with van der Waals surface area (Å²) in [7, 11) is 2.18. The van der Waals surface area contributed by atoms with E-state index in [2.05, 4.69) is 43.1 Å². The molecule has 1 aliphatic rings. The summed E-state index contributed by atoms with van der Waals surface area (Å²) in [5, 5.41) is 0. The highest BCUT2D eigenvalue weighted by molar-refractivity contribution is 5.59. The molecule has 1 heteroatoms. The zero-order valence-electron chi connectivity index (χ0n) is 7.75. The van der Waals surface area contributed by atoms with Crippen molar-refractivity contribution in [1.82, 2.24) is 0 Å². The van der Waals surface area contributed by atoms with E-state index in [1.807, 2.05) is 0 Å². The molecule has 0 fully saturated rings. The van der Waals surface area contributed by atoms with Crippen molar-refractivity contribution in [1.29, 1.82) is 0 Å². The molecule has 0 aromatic heterocycles. The molecule has 1 atom stereocenters. The second-order valence-corrected chi connectivity index (χ2v) is 3.54. The lowest BCUT2D eigenvalue weighted by Gasteiger charge is -2.11. The van der Waals surface area contributed by atoms with Crippen LogP contribution in [0.25, 0.3) is 0 Å². The van der Waals surface area contributed by atoms with Crippen molar-refractivity contribution in [3.63, 3.8) is 0 Å². The van der Waals surface area contributed by atoms with E-state index >= 15 is 0 Å². The molecule has 0 amide bonds. The van der Waals surface area contributed by atoms with Gasteiger partial charge in [0.05, 0.1) is 0 Å². The number of likely N-dealkylation sites (N-methyl/N-ethyl adjacent to an activating group) is 1. The molecular weight excluding hydrogens is 146 g/mol. The Hall–Kier alpha value is -0.980. The van der Waals surface area contributed by atoms with Crippen molar-refractivity contribution in [3.8, 4) is 0 Å². The molecule has 0 saturated carbocycles. The van der Waals surface area contributed by atoms with Gasteiger partial charge in [-0.05, 0) is 18.1 Å². The molecule has 2 rings (SSSR count). The number of hydrogen-bond donors (Lipinski definition) is 0. The molecule has 0 radical (unpaired) electrons. The van der Waals surface area contributed by atoms with Crippen LogP contribution in [0.2, 0.25) is 0 Å². The minimum Gasteiger partial charge on any atom is -0.374 e. The lowest BCUT2D eigenvalue weighted by atomic mass is 9.99. The molecule has 1 unspecified atom stereocenters. The second-order valence-electron chi connectivity index (χ2n) is 3.54. The van der Waals surface area contributed by atoms with Crippen molar-refractivity contribution in [2.45, 2.75) is 19.3 Å². The first kappa shape index (κ1) is 7.66. The van der Waals surface area contributed by atoms with Gasteiger partial charge in [0.15, 0.2) is 0 Å². The van der Waals surface area contributed by atoms with E-state index in [4.69, 9.17) is 0 Å². The summed E-state index contributed by atoms with van der Waals surface area (Å²) in [4.78, 5) is 2.35. The third-order valence-corrected chi connectivity index (χ3v) is 2.77. The summed E-state index contributed by atoms with van der Waals surface area (Å²) in [6.45, 7) is 3.45. The standard InChI is InChI=1S/C11H15N/c1-3-9-8-12(2)11-7-5-4-6-10(9)11/h4-7,9H,3,8H2,1-2H3. The minimum absolute atomic E-state index is 0.756. The topological polar surface area (TPSA) is 3.24 Å². The average Bonchev–Trinajstić information content (AvgIpc) is 2.44. The molecule has 1 aliphatic heterocycles. The lowest BCUT2D eigenvalue weighted by Crippen LogP contribution is -2.14. The Morgan fingerprint density at radius 3 is 2.92 bits per heavy atom. The summed E-state index contributed by atoms with van der Waals surface area (Å²) >= 11 is 0. The van der Waals surface area contributed by atoms with Crippen molar-refractivity contribution in [3.05, 3.63) is 29.8 Å². The van der Waals surface area contributed by atoms with Gasteiger partial charge in [-0.25, -0.2) is 0 Å². The Bertz CT molecular complexity index is 280. The quantitative estimate of drug-likeness (QED) is 0.612. The van der Waals surface area contributed by atoms with Gasteiger partial charge < -0.3 is 4.90 Å². The van der Waals surface area contributed by atoms with Gasteiger partial charge in [-0.15, -0.1) is 0 Å². The van der Waals surface area contributed by atoms with Crippen LogP contribution in [0.1, 0.15) is 24.8 Å². The van der Waals surface area contributed by atoms with Crippen LogP contribution in [0.5, 0.6) is 0 Å². The highest BCUT2D eigenvalue weighted by Gasteiger charge is 2.23. The number of hydrogen-bond acceptors (Lipinski definition) is 1. The molecule has 1 nitrogen and oxygen atoms in total.